The maximum atomic E-state index is 14.1. The highest BCUT2D eigenvalue weighted by Gasteiger charge is 2.20. The molecular formula is C16H16Cl2FNO. The lowest BCUT2D eigenvalue weighted by molar-refractivity contribution is 0.407. The zero-order valence-electron chi connectivity index (χ0n) is 11.6. The van der Waals surface area contributed by atoms with E-state index in [2.05, 4.69) is 0 Å². The smallest absolute Gasteiger partial charge is 0.128 e. The topological polar surface area (TPSA) is 35.2 Å². The van der Waals surface area contributed by atoms with Gasteiger partial charge in [-0.15, -0.1) is 0 Å². The van der Waals surface area contributed by atoms with Gasteiger partial charge in [-0.3, -0.25) is 0 Å². The lowest BCUT2D eigenvalue weighted by Gasteiger charge is -2.19. The van der Waals surface area contributed by atoms with Crippen molar-refractivity contribution >= 4 is 23.2 Å². The first-order valence-corrected chi connectivity index (χ1v) is 7.28. The van der Waals surface area contributed by atoms with Gasteiger partial charge in [0.1, 0.15) is 11.6 Å². The molecule has 2 aromatic rings. The SMILES string of the molecule is COc1ccc(Cl)cc1CC(CN)c1c(F)cccc1Cl. The Hall–Kier alpha value is -1.29. The first-order valence-electron chi connectivity index (χ1n) is 6.53. The van der Waals surface area contributed by atoms with E-state index < -0.39 is 0 Å². The zero-order valence-corrected chi connectivity index (χ0v) is 13.1. The van der Waals surface area contributed by atoms with E-state index in [9.17, 15) is 4.39 Å². The summed E-state index contributed by atoms with van der Waals surface area (Å²) in [7, 11) is 1.58. The lowest BCUT2D eigenvalue weighted by Crippen LogP contribution is -2.17. The van der Waals surface area contributed by atoms with Gasteiger partial charge in [0.15, 0.2) is 0 Å². The van der Waals surface area contributed by atoms with E-state index in [1.807, 2.05) is 0 Å². The van der Waals surface area contributed by atoms with Crippen LogP contribution in [0.15, 0.2) is 36.4 Å². The Kier molecular flexibility index (Phi) is 5.45. The molecule has 112 valence electrons. The van der Waals surface area contributed by atoms with Crippen molar-refractivity contribution in [3.63, 3.8) is 0 Å². The number of rotatable bonds is 5. The molecule has 5 heteroatoms. The van der Waals surface area contributed by atoms with Gasteiger partial charge in [0.05, 0.1) is 7.11 Å². The molecule has 0 aliphatic heterocycles. The molecule has 2 rings (SSSR count). The molecule has 2 nitrogen and oxygen atoms in total. The maximum Gasteiger partial charge on any atom is 0.128 e. The quantitative estimate of drug-likeness (QED) is 0.881. The molecule has 2 N–H and O–H groups in total. The second-order valence-electron chi connectivity index (χ2n) is 4.73. The average molecular weight is 328 g/mol. The summed E-state index contributed by atoms with van der Waals surface area (Å²) in [5, 5.41) is 0.979. The number of benzene rings is 2. The van der Waals surface area contributed by atoms with Crippen LogP contribution in [0.4, 0.5) is 4.39 Å². The fourth-order valence-corrected chi connectivity index (χ4v) is 2.89. The molecule has 1 unspecified atom stereocenters. The lowest BCUT2D eigenvalue weighted by atomic mass is 9.91. The molecule has 0 amide bonds. The molecule has 21 heavy (non-hydrogen) atoms. The van der Waals surface area contributed by atoms with Crippen LogP contribution in [0, 0.1) is 5.82 Å². The first kappa shape index (κ1) is 16.1. The molecule has 0 heterocycles. The van der Waals surface area contributed by atoms with E-state index in [4.69, 9.17) is 33.7 Å². The molecular weight excluding hydrogens is 312 g/mol. The van der Waals surface area contributed by atoms with Crippen LogP contribution >= 0.6 is 23.2 Å². The van der Waals surface area contributed by atoms with Crippen molar-refractivity contribution in [3.8, 4) is 5.75 Å². The second-order valence-corrected chi connectivity index (χ2v) is 5.57. The molecule has 0 bridgehead atoms. The number of halogens is 3. The molecule has 0 aliphatic carbocycles. The largest absolute Gasteiger partial charge is 0.496 e. The monoisotopic (exact) mass is 327 g/mol. The van der Waals surface area contributed by atoms with Gasteiger partial charge in [-0.25, -0.2) is 4.39 Å². The summed E-state index contributed by atoms with van der Waals surface area (Å²) in [4.78, 5) is 0. The van der Waals surface area contributed by atoms with Crippen molar-refractivity contribution in [2.45, 2.75) is 12.3 Å². The third-order valence-electron chi connectivity index (χ3n) is 3.40. The fraction of sp³-hybridized carbons (Fsp3) is 0.250. The van der Waals surface area contributed by atoms with Crippen molar-refractivity contribution < 1.29 is 9.13 Å². The minimum absolute atomic E-state index is 0.244. The standard InChI is InChI=1S/C16H16Cl2FNO/c1-21-15-6-5-12(17)8-10(15)7-11(9-20)16-13(18)3-2-4-14(16)19/h2-6,8,11H,7,9,20H2,1H3. The fourth-order valence-electron chi connectivity index (χ4n) is 2.38. The van der Waals surface area contributed by atoms with Crippen LogP contribution in [0.2, 0.25) is 10.0 Å². The van der Waals surface area contributed by atoms with Gasteiger partial charge in [0.2, 0.25) is 0 Å². The number of ether oxygens (including phenoxy) is 1. The highest BCUT2D eigenvalue weighted by atomic mass is 35.5. The first-order chi connectivity index (χ1) is 10.1. The molecule has 0 spiro atoms. The third-order valence-corrected chi connectivity index (χ3v) is 3.97. The Bertz CT molecular complexity index is 613. The van der Waals surface area contributed by atoms with Gasteiger partial charge >= 0.3 is 0 Å². The Balaban J connectivity index is 2.38. The van der Waals surface area contributed by atoms with Crippen molar-refractivity contribution in [1.29, 1.82) is 0 Å². The van der Waals surface area contributed by atoms with Crippen LogP contribution in [-0.4, -0.2) is 13.7 Å². The predicted molar refractivity (Wildman–Crippen MR) is 84.9 cm³/mol. The van der Waals surface area contributed by atoms with Crippen molar-refractivity contribution in [1.82, 2.24) is 0 Å². The third kappa shape index (κ3) is 3.67. The van der Waals surface area contributed by atoms with E-state index in [1.165, 1.54) is 6.07 Å². The van der Waals surface area contributed by atoms with Gasteiger partial charge < -0.3 is 10.5 Å². The number of hydrogen-bond donors (Lipinski definition) is 1. The van der Waals surface area contributed by atoms with Crippen LogP contribution in [0.1, 0.15) is 17.0 Å². The highest BCUT2D eigenvalue weighted by molar-refractivity contribution is 6.31. The Morgan fingerprint density at radius 1 is 1.24 bits per heavy atom. The molecule has 0 saturated heterocycles. The van der Waals surface area contributed by atoms with Crippen LogP contribution < -0.4 is 10.5 Å². The van der Waals surface area contributed by atoms with E-state index in [1.54, 1.807) is 37.4 Å². The second kappa shape index (κ2) is 7.12. The summed E-state index contributed by atoms with van der Waals surface area (Å²) in [5.41, 5.74) is 7.13. The van der Waals surface area contributed by atoms with E-state index >= 15 is 0 Å². The van der Waals surface area contributed by atoms with Crippen molar-refractivity contribution in [2.24, 2.45) is 5.73 Å². The highest BCUT2D eigenvalue weighted by Crippen LogP contribution is 2.32. The zero-order chi connectivity index (χ0) is 15.4. The van der Waals surface area contributed by atoms with E-state index in [0.717, 1.165) is 5.56 Å². The van der Waals surface area contributed by atoms with Crippen molar-refractivity contribution in [3.05, 3.63) is 63.4 Å². The van der Waals surface area contributed by atoms with Crippen LogP contribution in [0.3, 0.4) is 0 Å². The minimum atomic E-state index is -0.348. The summed E-state index contributed by atoms with van der Waals surface area (Å²) in [5.74, 6) is 0.107. The molecule has 0 aromatic heterocycles. The summed E-state index contributed by atoms with van der Waals surface area (Å²) < 4.78 is 19.4. The molecule has 1 atom stereocenters. The van der Waals surface area contributed by atoms with E-state index in [0.29, 0.717) is 27.8 Å². The molecule has 0 fully saturated rings. The number of methoxy groups -OCH3 is 1. The summed E-state index contributed by atoms with van der Waals surface area (Å²) in [6, 6.07) is 9.97. The Morgan fingerprint density at radius 2 is 2.00 bits per heavy atom. The van der Waals surface area contributed by atoms with Gasteiger partial charge in [0, 0.05) is 21.5 Å². The summed E-state index contributed by atoms with van der Waals surface area (Å²) >= 11 is 12.1. The average Bonchev–Trinajstić information content (AvgIpc) is 2.46. The number of hydrogen-bond acceptors (Lipinski definition) is 2. The van der Waals surface area contributed by atoms with Crippen LogP contribution in [-0.2, 0) is 6.42 Å². The van der Waals surface area contributed by atoms with Gasteiger partial charge in [-0.2, -0.15) is 0 Å². The normalized spacial score (nSPS) is 12.2. The predicted octanol–water partition coefficient (Wildman–Crippen LogP) is 4.43. The van der Waals surface area contributed by atoms with Gasteiger partial charge in [-0.1, -0.05) is 29.3 Å². The molecule has 0 aliphatic rings. The summed E-state index contributed by atoms with van der Waals surface area (Å²) in [6.07, 6.45) is 0.501. The van der Waals surface area contributed by atoms with Gasteiger partial charge in [0.25, 0.3) is 0 Å². The molecule has 0 radical (unpaired) electrons. The molecule has 2 aromatic carbocycles. The van der Waals surface area contributed by atoms with Crippen LogP contribution in [0.25, 0.3) is 0 Å². The summed E-state index contributed by atoms with van der Waals surface area (Å²) in [6.45, 7) is 0.274. The Morgan fingerprint density at radius 3 is 2.62 bits per heavy atom. The van der Waals surface area contributed by atoms with Crippen molar-refractivity contribution in [2.75, 3.05) is 13.7 Å². The number of nitrogens with two attached hydrogens (primary N) is 1. The van der Waals surface area contributed by atoms with E-state index in [-0.39, 0.29) is 18.3 Å². The molecule has 0 saturated carbocycles. The van der Waals surface area contributed by atoms with Crippen LogP contribution in [0.5, 0.6) is 5.75 Å². The van der Waals surface area contributed by atoms with Gasteiger partial charge in [-0.05, 0) is 48.9 Å². The maximum absolute atomic E-state index is 14.1. The Labute approximate surface area is 133 Å². The minimum Gasteiger partial charge on any atom is -0.496 e.